The quantitative estimate of drug-likeness (QED) is 0.871. The summed E-state index contributed by atoms with van der Waals surface area (Å²) in [4.78, 5) is 14.0. The van der Waals surface area contributed by atoms with E-state index in [4.69, 9.17) is 9.15 Å². The van der Waals surface area contributed by atoms with E-state index in [0.717, 1.165) is 12.8 Å². The molecule has 0 bridgehead atoms. The number of likely N-dealkylation sites (tertiary alicyclic amines) is 1. The highest BCUT2D eigenvalue weighted by molar-refractivity contribution is 5.93. The molecule has 0 N–H and O–H groups in total. The van der Waals surface area contributed by atoms with E-state index in [1.807, 2.05) is 0 Å². The van der Waals surface area contributed by atoms with Crippen LogP contribution in [0.3, 0.4) is 0 Å². The van der Waals surface area contributed by atoms with Gasteiger partial charge in [0.25, 0.3) is 5.91 Å². The fourth-order valence-corrected chi connectivity index (χ4v) is 2.65. The summed E-state index contributed by atoms with van der Waals surface area (Å²) in [5, 5.41) is 0. The van der Waals surface area contributed by atoms with Gasteiger partial charge in [0.2, 0.25) is 0 Å². The van der Waals surface area contributed by atoms with Crippen molar-refractivity contribution in [1.29, 1.82) is 0 Å². The first-order valence-corrected chi connectivity index (χ1v) is 7.40. The molecule has 0 saturated carbocycles. The van der Waals surface area contributed by atoms with E-state index in [1.165, 1.54) is 18.6 Å². The largest absolute Gasteiger partial charge is 0.472 e. The lowest BCUT2D eigenvalue weighted by Crippen LogP contribution is -2.43. The molecule has 0 spiro atoms. The van der Waals surface area contributed by atoms with Crippen LogP contribution < -0.4 is 0 Å². The molecule has 1 fully saturated rings. The average molecular weight is 303 g/mol. The van der Waals surface area contributed by atoms with Crippen molar-refractivity contribution in [3.8, 4) is 0 Å². The van der Waals surface area contributed by atoms with Gasteiger partial charge >= 0.3 is 0 Å². The van der Waals surface area contributed by atoms with E-state index in [9.17, 15) is 9.18 Å². The summed E-state index contributed by atoms with van der Waals surface area (Å²) in [5.74, 6) is -0.308. The fraction of sp³-hybridized carbons (Fsp3) is 0.353. The van der Waals surface area contributed by atoms with Crippen molar-refractivity contribution in [1.82, 2.24) is 4.90 Å². The molecule has 1 amide bonds. The Morgan fingerprint density at radius 3 is 3.00 bits per heavy atom. The molecule has 1 atom stereocenters. The number of carbonyl (C=O) groups excluding carboxylic acids is 1. The van der Waals surface area contributed by atoms with Gasteiger partial charge in [0.15, 0.2) is 0 Å². The van der Waals surface area contributed by atoms with Gasteiger partial charge in [-0.25, -0.2) is 4.39 Å². The molecule has 4 nitrogen and oxygen atoms in total. The number of nitrogens with zero attached hydrogens (tertiary/aromatic N) is 1. The van der Waals surface area contributed by atoms with E-state index < -0.39 is 0 Å². The first kappa shape index (κ1) is 14.8. The first-order valence-electron chi connectivity index (χ1n) is 7.40. The number of rotatable bonds is 4. The van der Waals surface area contributed by atoms with Crippen molar-refractivity contribution in [2.45, 2.75) is 25.6 Å². The summed E-state index contributed by atoms with van der Waals surface area (Å²) in [5.41, 5.74) is 1.09. The third kappa shape index (κ3) is 3.36. The molecule has 0 radical (unpaired) electrons. The van der Waals surface area contributed by atoms with Gasteiger partial charge in [-0.2, -0.15) is 0 Å². The Morgan fingerprint density at radius 2 is 2.23 bits per heavy atom. The SMILES string of the molecule is O=C(c1ccoc1)N1CCC[C@H](OCc2ccccc2F)C1. The van der Waals surface area contributed by atoms with Gasteiger partial charge in [0, 0.05) is 18.7 Å². The smallest absolute Gasteiger partial charge is 0.257 e. The van der Waals surface area contributed by atoms with Gasteiger partial charge < -0.3 is 14.1 Å². The second-order valence-electron chi connectivity index (χ2n) is 5.43. The lowest BCUT2D eigenvalue weighted by atomic mass is 10.1. The fourth-order valence-electron chi connectivity index (χ4n) is 2.65. The van der Waals surface area contributed by atoms with E-state index in [2.05, 4.69) is 0 Å². The molecule has 22 heavy (non-hydrogen) atoms. The topological polar surface area (TPSA) is 42.7 Å². The lowest BCUT2D eigenvalue weighted by molar-refractivity contribution is -0.00763. The lowest BCUT2D eigenvalue weighted by Gasteiger charge is -2.32. The Balaban J connectivity index is 1.57. The summed E-state index contributed by atoms with van der Waals surface area (Å²) in [6.07, 6.45) is 4.63. The van der Waals surface area contributed by atoms with Crippen LogP contribution in [0.5, 0.6) is 0 Å². The molecular weight excluding hydrogens is 285 g/mol. The highest BCUT2D eigenvalue weighted by Gasteiger charge is 2.25. The summed E-state index contributed by atoms with van der Waals surface area (Å²) in [6.45, 7) is 1.47. The van der Waals surface area contributed by atoms with Crippen LogP contribution in [-0.2, 0) is 11.3 Å². The van der Waals surface area contributed by atoms with Crippen molar-refractivity contribution in [2.24, 2.45) is 0 Å². The van der Waals surface area contributed by atoms with Crippen molar-refractivity contribution >= 4 is 5.91 Å². The molecule has 1 aliphatic heterocycles. The van der Waals surface area contributed by atoms with Crippen LogP contribution in [-0.4, -0.2) is 30.0 Å². The van der Waals surface area contributed by atoms with Crippen molar-refractivity contribution in [3.63, 3.8) is 0 Å². The summed E-state index contributed by atoms with van der Waals surface area (Å²) >= 11 is 0. The molecule has 5 heteroatoms. The molecule has 1 aromatic carbocycles. The zero-order chi connectivity index (χ0) is 15.4. The van der Waals surface area contributed by atoms with Crippen LogP contribution in [0, 0.1) is 5.82 Å². The Labute approximate surface area is 128 Å². The van der Waals surface area contributed by atoms with Gasteiger partial charge in [-0.1, -0.05) is 18.2 Å². The minimum Gasteiger partial charge on any atom is -0.472 e. The van der Waals surface area contributed by atoms with Gasteiger partial charge in [0.1, 0.15) is 12.1 Å². The maximum absolute atomic E-state index is 13.6. The summed E-state index contributed by atoms with van der Waals surface area (Å²) in [6, 6.07) is 8.25. The number of benzene rings is 1. The molecule has 0 aliphatic carbocycles. The van der Waals surface area contributed by atoms with E-state index >= 15 is 0 Å². The van der Waals surface area contributed by atoms with Crippen LogP contribution >= 0.6 is 0 Å². The molecule has 2 heterocycles. The second kappa shape index (κ2) is 6.75. The number of carbonyl (C=O) groups is 1. The first-order chi connectivity index (χ1) is 10.7. The van der Waals surface area contributed by atoms with Crippen LogP contribution in [0.1, 0.15) is 28.8 Å². The molecule has 1 aliphatic rings. The van der Waals surface area contributed by atoms with Gasteiger partial charge in [-0.05, 0) is 25.0 Å². The minimum absolute atomic E-state index is 0.0482. The van der Waals surface area contributed by atoms with E-state index in [1.54, 1.807) is 29.2 Å². The number of ether oxygens (including phenoxy) is 1. The Morgan fingerprint density at radius 1 is 1.36 bits per heavy atom. The van der Waals surface area contributed by atoms with E-state index in [0.29, 0.717) is 24.2 Å². The molecule has 0 unspecified atom stereocenters. The maximum atomic E-state index is 13.6. The number of furan rings is 1. The molecular formula is C17H18FNO3. The Kier molecular flexibility index (Phi) is 4.53. The third-order valence-corrected chi connectivity index (χ3v) is 3.87. The number of piperidine rings is 1. The van der Waals surface area contributed by atoms with Crippen LogP contribution in [0.2, 0.25) is 0 Å². The summed E-state index contributed by atoms with van der Waals surface area (Å²) in [7, 11) is 0. The maximum Gasteiger partial charge on any atom is 0.257 e. The number of halogens is 1. The van der Waals surface area contributed by atoms with Gasteiger partial charge in [-0.3, -0.25) is 4.79 Å². The number of hydrogen-bond acceptors (Lipinski definition) is 3. The zero-order valence-electron chi connectivity index (χ0n) is 12.2. The molecule has 116 valence electrons. The van der Waals surface area contributed by atoms with Gasteiger partial charge in [-0.15, -0.1) is 0 Å². The van der Waals surface area contributed by atoms with Gasteiger partial charge in [0.05, 0.1) is 24.5 Å². The minimum atomic E-state index is -0.260. The standard InChI is InChI=1S/C17H18FNO3/c18-16-6-2-1-4-13(16)12-22-15-5-3-8-19(10-15)17(20)14-7-9-21-11-14/h1-2,4,6-7,9,11,15H,3,5,8,10,12H2/t15-/m0/s1. The van der Waals surface area contributed by atoms with E-state index in [-0.39, 0.29) is 24.4 Å². The zero-order valence-corrected chi connectivity index (χ0v) is 12.2. The van der Waals surface area contributed by atoms with Crippen LogP contribution in [0.15, 0.2) is 47.3 Å². The van der Waals surface area contributed by atoms with Crippen LogP contribution in [0.4, 0.5) is 4.39 Å². The average Bonchev–Trinajstić information content (AvgIpc) is 3.08. The number of amides is 1. The number of hydrogen-bond donors (Lipinski definition) is 0. The normalized spacial score (nSPS) is 18.4. The van der Waals surface area contributed by atoms with Crippen molar-refractivity contribution < 1.29 is 18.3 Å². The molecule has 1 saturated heterocycles. The van der Waals surface area contributed by atoms with Crippen molar-refractivity contribution in [3.05, 3.63) is 59.8 Å². The Bertz CT molecular complexity index is 627. The molecule has 3 rings (SSSR count). The Hall–Kier alpha value is -2.14. The third-order valence-electron chi connectivity index (χ3n) is 3.87. The monoisotopic (exact) mass is 303 g/mol. The van der Waals surface area contributed by atoms with Crippen LogP contribution in [0.25, 0.3) is 0 Å². The van der Waals surface area contributed by atoms with Crippen molar-refractivity contribution in [2.75, 3.05) is 13.1 Å². The highest BCUT2D eigenvalue weighted by Crippen LogP contribution is 2.18. The highest BCUT2D eigenvalue weighted by atomic mass is 19.1. The summed E-state index contributed by atoms with van der Waals surface area (Å²) < 4.78 is 24.3. The predicted octanol–water partition coefficient (Wildman–Crippen LogP) is 3.24. The molecule has 1 aromatic heterocycles. The second-order valence-corrected chi connectivity index (χ2v) is 5.43. The predicted molar refractivity (Wildman–Crippen MR) is 78.8 cm³/mol. The molecule has 2 aromatic rings.